The summed E-state index contributed by atoms with van der Waals surface area (Å²) in [5.41, 5.74) is 0.905. The molecule has 1 aliphatic carbocycles. The summed E-state index contributed by atoms with van der Waals surface area (Å²) in [5.74, 6) is 0.461. The Kier molecular flexibility index (Phi) is 5.38. The number of ether oxygens (including phenoxy) is 1. The van der Waals surface area contributed by atoms with E-state index in [1.165, 1.54) is 6.07 Å². The van der Waals surface area contributed by atoms with Gasteiger partial charge in [-0.1, -0.05) is 19.9 Å². The van der Waals surface area contributed by atoms with Gasteiger partial charge in [0, 0.05) is 6.54 Å². The summed E-state index contributed by atoms with van der Waals surface area (Å²) >= 11 is 0. The number of aliphatic hydroxyl groups is 1. The topological polar surface area (TPSA) is 41.5 Å². The molecule has 0 heterocycles. The summed E-state index contributed by atoms with van der Waals surface area (Å²) in [7, 11) is 0. The maximum Gasteiger partial charge on any atom is 0.165 e. The number of hydrogen-bond acceptors (Lipinski definition) is 3. The van der Waals surface area contributed by atoms with Crippen LogP contribution in [0.5, 0.6) is 5.75 Å². The highest BCUT2D eigenvalue weighted by molar-refractivity contribution is 5.29. The van der Waals surface area contributed by atoms with Crippen molar-refractivity contribution in [3.05, 3.63) is 29.6 Å². The van der Waals surface area contributed by atoms with Gasteiger partial charge in [-0.3, -0.25) is 0 Å². The minimum atomic E-state index is -0.471. The smallest absolute Gasteiger partial charge is 0.165 e. The molecule has 0 bridgehead atoms. The van der Waals surface area contributed by atoms with Gasteiger partial charge in [0.05, 0.1) is 6.10 Å². The molecule has 0 saturated heterocycles. The predicted molar refractivity (Wildman–Crippen MR) is 77.2 cm³/mol. The van der Waals surface area contributed by atoms with Crippen LogP contribution in [0.25, 0.3) is 0 Å². The van der Waals surface area contributed by atoms with Crippen LogP contribution >= 0.6 is 0 Å². The molecule has 2 atom stereocenters. The molecule has 4 heteroatoms. The van der Waals surface area contributed by atoms with Crippen LogP contribution in [0.3, 0.4) is 0 Å². The molecule has 1 aromatic rings. The van der Waals surface area contributed by atoms with Crippen LogP contribution in [-0.2, 0) is 6.54 Å². The molecule has 2 unspecified atom stereocenters. The number of aliphatic hydroxyl groups excluding tert-OH is 1. The van der Waals surface area contributed by atoms with E-state index in [1.807, 2.05) is 6.07 Å². The second-order valence-electron chi connectivity index (χ2n) is 5.94. The Hall–Kier alpha value is -1.13. The molecule has 0 amide bonds. The van der Waals surface area contributed by atoms with Gasteiger partial charge >= 0.3 is 0 Å². The van der Waals surface area contributed by atoms with Crippen LogP contribution in [0.2, 0.25) is 0 Å². The van der Waals surface area contributed by atoms with E-state index in [4.69, 9.17) is 4.74 Å². The minimum Gasteiger partial charge on any atom is -0.485 e. The number of benzene rings is 1. The summed E-state index contributed by atoms with van der Waals surface area (Å²) in [5, 5.41) is 13.0. The largest absolute Gasteiger partial charge is 0.485 e. The lowest BCUT2D eigenvalue weighted by Gasteiger charge is -2.18. The Labute approximate surface area is 120 Å². The van der Waals surface area contributed by atoms with E-state index in [2.05, 4.69) is 19.2 Å². The molecule has 0 radical (unpaired) electrons. The predicted octanol–water partition coefficient (Wildman–Crippen LogP) is 2.86. The first-order valence-corrected chi connectivity index (χ1v) is 7.40. The molecule has 0 aromatic heterocycles. The maximum absolute atomic E-state index is 14.0. The Bertz CT molecular complexity index is 436. The number of nitrogens with one attached hydrogen (secondary N) is 1. The van der Waals surface area contributed by atoms with Gasteiger partial charge in [-0.15, -0.1) is 0 Å². The molecule has 1 saturated carbocycles. The highest BCUT2D eigenvalue weighted by Gasteiger charge is 2.27. The van der Waals surface area contributed by atoms with Crippen LogP contribution in [0.4, 0.5) is 4.39 Å². The van der Waals surface area contributed by atoms with E-state index in [1.54, 1.807) is 6.07 Å². The fraction of sp³-hybridized carbons (Fsp3) is 0.625. The lowest BCUT2D eigenvalue weighted by molar-refractivity contribution is 0.0578. The zero-order chi connectivity index (χ0) is 14.5. The first-order chi connectivity index (χ1) is 9.56. The van der Waals surface area contributed by atoms with Crippen molar-refractivity contribution in [2.24, 2.45) is 5.92 Å². The third-order valence-electron chi connectivity index (χ3n) is 3.57. The van der Waals surface area contributed by atoms with E-state index in [-0.39, 0.29) is 17.7 Å². The van der Waals surface area contributed by atoms with E-state index < -0.39 is 6.10 Å². The molecule has 0 aliphatic heterocycles. The monoisotopic (exact) mass is 281 g/mol. The minimum absolute atomic E-state index is 0.239. The standard InChI is InChI=1S/C16H24FNO2/c1-11(2)9-18-10-12-6-7-15(13(17)8-12)20-16-5-3-4-14(16)19/h6-8,11,14,16,18-19H,3-5,9-10H2,1-2H3. The van der Waals surface area contributed by atoms with Gasteiger partial charge in [0.2, 0.25) is 0 Å². The Balaban J connectivity index is 1.91. The fourth-order valence-corrected chi connectivity index (χ4v) is 2.46. The second kappa shape index (κ2) is 7.04. The van der Waals surface area contributed by atoms with Crippen LogP contribution in [-0.4, -0.2) is 23.9 Å². The number of hydrogen-bond donors (Lipinski definition) is 2. The molecular formula is C16H24FNO2. The van der Waals surface area contributed by atoms with Crippen molar-refractivity contribution in [1.29, 1.82) is 0 Å². The molecular weight excluding hydrogens is 257 g/mol. The summed E-state index contributed by atoms with van der Waals surface area (Å²) in [6.45, 7) is 5.84. The van der Waals surface area contributed by atoms with Crippen molar-refractivity contribution in [3.8, 4) is 5.75 Å². The maximum atomic E-state index is 14.0. The Morgan fingerprint density at radius 3 is 2.80 bits per heavy atom. The molecule has 2 N–H and O–H groups in total. The van der Waals surface area contributed by atoms with E-state index in [0.717, 1.165) is 31.4 Å². The van der Waals surface area contributed by atoms with Crippen molar-refractivity contribution in [3.63, 3.8) is 0 Å². The third-order valence-corrected chi connectivity index (χ3v) is 3.57. The van der Waals surface area contributed by atoms with E-state index >= 15 is 0 Å². The van der Waals surface area contributed by atoms with Crippen LogP contribution < -0.4 is 10.1 Å². The second-order valence-corrected chi connectivity index (χ2v) is 5.94. The molecule has 112 valence electrons. The Morgan fingerprint density at radius 2 is 2.20 bits per heavy atom. The molecule has 3 nitrogen and oxygen atoms in total. The van der Waals surface area contributed by atoms with E-state index in [9.17, 15) is 9.50 Å². The van der Waals surface area contributed by atoms with Crippen LogP contribution in [0, 0.1) is 11.7 Å². The lowest BCUT2D eigenvalue weighted by atomic mass is 10.2. The highest BCUT2D eigenvalue weighted by atomic mass is 19.1. The quantitative estimate of drug-likeness (QED) is 0.842. The fourth-order valence-electron chi connectivity index (χ4n) is 2.46. The van der Waals surface area contributed by atoms with Gasteiger partial charge in [-0.05, 0) is 49.4 Å². The molecule has 1 aliphatic rings. The summed E-state index contributed by atoms with van der Waals surface area (Å²) in [6.07, 6.45) is 1.73. The Morgan fingerprint density at radius 1 is 1.40 bits per heavy atom. The zero-order valence-corrected chi connectivity index (χ0v) is 12.2. The molecule has 0 spiro atoms. The van der Waals surface area contributed by atoms with E-state index in [0.29, 0.717) is 12.5 Å². The van der Waals surface area contributed by atoms with Crippen molar-refractivity contribution in [2.75, 3.05) is 6.54 Å². The van der Waals surface area contributed by atoms with Gasteiger partial charge in [0.15, 0.2) is 11.6 Å². The first kappa shape index (κ1) is 15.3. The van der Waals surface area contributed by atoms with Gasteiger partial charge in [-0.2, -0.15) is 0 Å². The number of halogens is 1. The molecule has 1 aromatic carbocycles. The van der Waals surface area contributed by atoms with Crippen molar-refractivity contribution in [2.45, 2.75) is 51.9 Å². The average Bonchev–Trinajstić information content (AvgIpc) is 2.78. The van der Waals surface area contributed by atoms with Gasteiger partial charge < -0.3 is 15.2 Å². The van der Waals surface area contributed by atoms with Crippen molar-refractivity contribution >= 4 is 0 Å². The normalized spacial score (nSPS) is 22.4. The van der Waals surface area contributed by atoms with Crippen molar-refractivity contribution in [1.82, 2.24) is 5.32 Å². The highest BCUT2D eigenvalue weighted by Crippen LogP contribution is 2.27. The lowest BCUT2D eigenvalue weighted by Crippen LogP contribution is -2.26. The zero-order valence-electron chi connectivity index (χ0n) is 12.2. The average molecular weight is 281 g/mol. The summed E-state index contributed by atoms with van der Waals surface area (Å²) < 4.78 is 19.6. The third kappa shape index (κ3) is 4.18. The molecule has 2 rings (SSSR count). The van der Waals surface area contributed by atoms with Crippen LogP contribution in [0.1, 0.15) is 38.7 Å². The SMILES string of the molecule is CC(C)CNCc1ccc(OC2CCCC2O)c(F)c1. The molecule has 20 heavy (non-hydrogen) atoms. The van der Waals surface area contributed by atoms with Crippen molar-refractivity contribution < 1.29 is 14.2 Å². The van der Waals surface area contributed by atoms with Crippen LogP contribution in [0.15, 0.2) is 18.2 Å². The van der Waals surface area contributed by atoms with Gasteiger partial charge in [0.25, 0.3) is 0 Å². The first-order valence-electron chi connectivity index (χ1n) is 7.40. The van der Waals surface area contributed by atoms with Gasteiger partial charge in [0.1, 0.15) is 6.10 Å². The number of rotatable bonds is 6. The summed E-state index contributed by atoms with van der Waals surface area (Å²) in [4.78, 5) is 0. The van der Waals surface area contributed by atoms with Gasteiger partial charge in [-0.25, -0.2) is 4.39 Å². The summed E-state index contributed by atoms with van der Waals surface area (Å²) in [6, 6.07) is 5.03. The molecule has 1 fully saturated rings.